The van der Waals surface area contributed by atoms with E-state index < -0.39 is 0 Å². The fraction of sp³-hybridized carbons (Fsp3) is 0.192. The summed E-state index contributed by atoms with van der Waals surface area (Å²) in [6.45, 7) is 4.01. The van der Waals surface area contributed by atoms with Gasteiger partial charge < -0.3 is 10.1 Å². The largest absolute Gasteiger partial charge is 0.487 e. The SMILES string of the molecule is Cc1cnc(C)c(-c2ccc(F)c3c2O[C@@H](CNC(=O)c2ccc4ccccc4c2)C3)n1. The van der Waals surface area contributed by atoms with Crippen LogP contribution in [0.4, 0.5) is 4.39 Å². The number of nitrogens with one attached hydrogen (secondary N) is 1. The van der Waals surface area contributed by atoms with Gasteiger partial charge in [0.1, 0.15) is 17.7 Å². The summed E-state index contributed by atoms with van der Waals surface area (Å²) in [7, 11) is 0. The molecule has 0 spiro atoms. The highest BCUT2D eigenvalue weighted by Crippen LogP contribution is 2.40. The Morgan fingerprint density at radius 1 is 1.12 bits per heavy atom. The number of rotatable bonds is 4. The standard InChI is InChI=1S/C26H22FN3O2/c1-15-13-28-16(2)24(30-15)21-9-10-23(27)22-12-20(32-25(21)22)14-29-26(31)19-8-7-17-5-3-4-6-18(17)11-19/h3-11,13,20H,12,14H2,1-2H3,(H,29,31)/t20-/m1/s1. The van der Waals surface area contributed by atoms with Crippen molar-refractivity contribution in [1.29, 1.82) is 0 Å². The van der Waals surface area contributed by atoms with Crippen molar-refractivity contribution in [2.45, 2.75) is 26.4 Å². The van der Waals surface area contributed by atoms with Crippen molar-refractivity contribution < 1.29 is 13.9 Å². The minimum atomic E-state index is -0.358. The number of halogens is 1. The molecule has 0 radical (unpaired) electrons. The predicted octanol–water partition coefficient (Wildman–Crippen LogP) is 4.79. The number of nitrogens with zero attached hydrogens (tertiary/aromatic N) is 2. The Balaban J connectivity index is 1.34. The van der Waals surface area contributed by atoms with Crippen LogP contribution in [0.2, 0.25) is 0 Å². The summed E-state index contributed by atoms with van der Waals surface area (Å²) in [6, 6.07) is 16.6. The van der Waals surface area contributed by atoms with Gasteiger partial charge >= 0.3 is 0 Å². The van der Waals surface area contributed by atoms with E-state index in [0.717, 1.165) is 27.7 Å². The van der Waals surface area contributed by atoms with Gasteiger partial charge in [0.2, 0.25) is 0 Å². The van der Waals surface area contributed by atoms with E-state index in [1.54, 1.807) is 18.3 Å². The molecule has 5 nitrogen and oxygen atoms in total. The van der Waals surface area contributed by atoms with Crippen LogP contribution in [-0.2, 0) is 6.42 Å². The molecule has 160 valence electrons. The van der Waals surface area contributed by atoms with E-state index in [2.05, 4.69) is 15.3 Å². The van der Waals surface area contributed by atoms with Crippen molar-refractivity contribution in [2.24, 2.45) is 0 Å². The van der Waals surface area contributed by atoms with Crippen LogP contribution in [-0.4, -0.2) is 28.5 Å². The Bertz CT molecular complexity index is 1350. The van der Waals surface area contributed by atoms with Crippen LogP contribution in [0.15, 0.2) is 60.8 Å². The zero-order valence-corrected chi connectivity index (χ0v) is 17.9. The van der Waals surface area contributed by atoms with Crippen LogP contribution in [0.3, 0.4) is 0 Å². The molecule has 4 aromatic rings. The fourth-order valence-corrected chi connectivity index (χ4v) is 4.10. The normalized spacial score (nSPS) is 14.8. The molecule has 5 rings (SSSR count). The third-order valence-electron chi connectivity index (χ3n) is 5.75. The summed E-state index contributed by atoms with van der Waals surface area (Å²) in [5.74, 6) is -0.0141. The highest BCUT2D eigenvalue weighted by atomic mass is 19.1. The summed E-state index contributed by atoms with van der Waals surface area (Å²) in [5, 5.41) is 5.01. The molecule has 32 heavy (non-hydrogen) atoms. The Morgan fingerprint density at radius 3 is 2.78 bits per heavy atom. The van der Waals surface area contributed by atoms with Gasteiger partial charge in [0.05, 0.1) is 23.6 Å². The summed E-state index contributed by atoms with van der Waals surface area (Å²) >= 11 is 0. The maximum Gasteiger partial charge on any atom is 0.251 e. The molecule has 6 heteroatoms. The van der Waals surface area contributed by atoms with Gasteiger partial charge in [0.15, 0.2) is 0 Å². The quantitative estimate of drug-likeness (QED) is 0.509. The van der Waals surface area contributed by atoms with Gasteiger partial charge in [0.25, 0.3) is 5.91 Å². The van der Waals surface area contributed by atoms with Crippen molar-refractivity contribution >= 4 is 16.7 Å². The summed E-state index contributed by atoms with van der Waals surface area (Å²) in [4.78, 5) is 21.6. The van der Waals surface area contributed by atoms with E-state index in [4.69, 9.17) is 4.74 Å². The van der Waals surface area contributed by atoms with Gasteiger partial charge in [-0.3, -0.25) is 9.78 Å². The first-order valence-electron chi connectivity index (χ1n) is 10.6. The number of carbonyl (C=O) groups is 1. The lowest BCUT2D eigenvalue weighted by Crippen LogP contribution is -2.34. The van der Waals surface area contributed by atoms with Crippen LogP contribution >= 0.6 is 0 Å². The number of benzene rings is 3. The third kappa shape index (κ3) is 3.68. The first-order chi connectivity index (χ1) is 15.5. The van der Waals surface area contributed by atoms with E-state index in [-0.39, 0.29) is 24.4 Å². The highest BCUT2D eigenvalue weighted by Gasteiger charge is 2.30. The van der Waals surface area contributed by atoms with Crippen molar-refractivity contribution in [3.63, 3.8) is 0 Å². The van der Waals surface area contributed by atoms with Gasteiger partial charge in [-0.1, -0.05) is 30.3 Å². The van der Waals surface area contributed by atoms with E-state index in [0.29, 0.717) is 29.0 Å². The van der Waals surface area contributed by atoms with Gasteiger partial charge in [-0.2, -0.15) is 0 Å². The molecular weight excluding hydrogens is 405 g/mol. The van der Waals surface area contributed by atoms with Crippen molar-refractivity contribution in [3.8, 4) is 17.0 Å². The maximum absolute atomic E-state index is 14.5. The number of aromatic nitrogens is 2. The molecule has 1 aliphatic heterocycles. The lowest BCUT2D eigenvalue weighted by atomic mass is 10.0. The predicted molar refractivity (Wildman–Crippen MR) is 121 cm³/mol. The molecule has 1 aliphatic rings. The number of hydrogen-bond acceptors (Lipinski definition) is 4. The summed E-state index contributed by atoms with van der Waals surface area (Å²) in [6.07, 6.45) is 1.72. The maximum atomic E-state index is 14.5. The third-order valence-corrected chi connectivity index (χ3v) is 5.75. The summed E-state index contributed by atoms with van der Waals surface area (Å²) in [5.41, 5.74) is 4.02. The van der Waals surface area contributed by atoms with Crippen LogP contribution in [0.1, 0.15) is 27.3 Å². The number of ether oxygens (including phenoxy) is 1. The molecule has 2 heterocycles. The zero-order valence-electron chi connectivity index (χ0n) is 17.9. The van der Waals surface area contributed by atoms with Crippen LogP contribution < -0.4 is 10.1 Å². The first-order valence-corrected chi connectivity index (χ1v) is 10.6. The van der Waals surface area contributed by atoms with Crippen LogP contribution in [0.5, 0.6) is 5.75 Å². The fourth-order valence-electron chi connectivity index (χ4n) is 4.10. The van der Waals surface area contributed by atoms with Crippen molar-refractivity contribution in [1.82, 2.24) is 15.3 Å². The number of aryl methyl sites for hydroxylation is 2. The molecule has 0 bridgehead atoms. The van der Waals surface area contributed by atoms with Gasteiger partial charge in [0, 0.05) is 29.3 Å². The number of carbonyl (C=O) groups excluding carboxylic acids is 1. The van der Waals surface area contributed by atoms with Gasteiger partial charge in [-0.25, -0.2) is 9.37 Å². The minimum absolute atomic E-state index is 0.184. The molecule has 0 unspecified atom stereocenters. The smallest absolute Gasteiger partial charge is 0.251 e. The van der Waals surface area contributed by atoms with Crippen LogP contribution in [0, 0.1) is 19.7 Å². The molecule has 1 N–H and O–H groups in total. The number of fused-ring (bicyclic) bond motifs is 2. The van der Waals surface area contributed by atoms with Gasteiger partial charge in [-0.15, -0.1) is 0 Å². The molecular formula is C26H22FN3O2. The molecule has 0 aliphatic carbocycles. The average Bonchev–Trinajstić information content (AvgIpc) is 3.24. The number of hydrogen-bond donors (Lipinski definition) is 1. The molecule has 1 amide bonds. The first kappa shape index (κ1) is 20.1. The van der Waals surface area contributed by atoms with E-state index >= 15 is 0 Å². The average molecular weight is 427 g/mol. The minimum Gasteiger partial charge on any atom is -0.487 e. The van der Waals surface area contributed by atoms with E-state index in [1.165, 1.54) is 6.07 Å². The molecule has 1 atom stereocenters. The second kappa shape index (κ2) is 8.04. The van der Waals surface area contributed by atoms with E-state index in [1.807, 2.05) is 50.2 Å². The second-order valence-electron chi connectivity index (χ2n) is 8.06. The Kier molecular flexibility index (Phi) is 5.05. The topological polar surface area (TPSA) is 64.1 Å². The Labute approximate surface area is 185 Å². The molecule has 0 saturated heterocycles. The molecule has 0 saturated carbocycles. The van der Waals surface area contributed by atoms with Gasteiger partial charge in [-0.05, 0) is 48.9 Å². The highest BCUT2D eigenvalue weighted by molar-refractivity contribution is 5.98. The van der Waals surface area contributed by atoms with Crippen molar-refractivity contribution in [3.05, 3.63) is 89.1 Å². The second-order valence-corrected chi connectivity index (χ2v) is 8.06. The molecule has 1 aromatic heterocycles. The van der Waals surface area contributed by atoms with Crippen LogP contribution in [0.25, 0.3) is 22.0 Å². The lowest BCUT2D eigenvalue weighted by molar-refractivity contribution is 0.0934. The monoisotopic (exact) mass is 427 g/mol. The Hall–Kier alpha value is -3.80. The van der Waals surface area contributed by atoms with E-state index in [9.17, 15) is 9.18 Å². The molecule has 0 fully saturated rings. The lowest BCUT2D eigenvalue weighted by Gasteiger charge is -2.14. The zero-order chi connectivity index (χ0) is 22.2. The molecule has 3 aromatic carbocycles. The van der Waals surface area contributed by atoms with Crippen molar-refractivity contribution in [2.75, 3.05) is 6.54 Å². The Morgan fingerprint density at radius 2 is 1.94 bits per heavy atom. The summed E-state index contributed by atoms with van der Waals surface area (Å²) < 4.78 is 20.7. The number of amides is 1.